The van der Waals surface area contributed by atoms with Gasteiger partial charge in [-0.15, -0.1) is 0 Å². The average Bonchev–Trinajstić information content (AvgIpc) is 2.17. The number of hydrogen-bond donors (Lipinski definition) is 1. The molecule has 1 aliphatic rings. The molecular weight excluding hydrogens is 242 g/mol. The number of halogens is 4. The molecule has 7 heteroatoms. The Bertz CT molecular complexity index is 448. The number of fused-ring (bicyclic) bond motifs is 1. The summed E-state index contributed by atoms with van der Waals surface area (Å²) in [6.45, 7) is 1.62. The average molecular weight is 251 g/mol. The van der Waals surface area contributed by atoms with E-state index in [0.29, 0.717) is 5.56 Å². The minimum atomic E-state index is -4.70. The van der Waals surface area contributed by atoms with Gasteiger partial charge in [-0.05, 0) is 24.6 Å². The molecule has 0 fully saturated rings. The van der Waals surface area contributed by atoms with E-state index in [9.17, 15) is 17.6 Å². The van der Waals surface area contributed by atoms with Crippen molar-refractivity contribution in [2.45, 2.75) is 25.2 Å². The van der Waals surface area contributed by atoms with Crippen molar-refractivity contribution >= 4 is 0 Å². The molecule has 0 bridgehead atoms. The number of benzene rings is 1. The molecule has 17 heavy (non-hydrogen) atoms. The van der Waals surface area contributed by atoms with E-state index in [4.69, 9.17) is 5.73 Å². The van der Waals surface area contributed by atoms with Crippen LogP contribution < -0.4 is 15.2 Å². The lowest BCUT2D eigenvalue weighted by molar-refractivity contribution is -0.391. The molecule has 1 aromatic carbocycles. The van der Waals surface area contributed by atoms with Crippen molar-refractivity contribution in [1.29, 1.82) is 0 Å². The largest absolute Gasteiger partial charge is 0.507 e. The van der Waals surface area contributed by atoms with Gasteiger partial charge in [0.2, 0.25) is 0 Å². The van der Waals surface area contributed by atoms with E-state index in [1.807, 2.05) is 0 Å². The van der Waals surface area contributed by atoms with Crippen molar-refractivity contribution in [3.05, 3.63) is 23.8 Å². The van der Waals surface area contributed by atoms with Crippen molar-refractivity contribution in [2.75, 3.05) is 0 Å². The van der Waals surface area contributed by atoms with Gasteiger partial charge < -0.3 is 15.2 Å². The summed E-state index contributed by atoms with van der Waals surface area (Å²) in [5, 5.41) is 0. The molecule has 2 rings (SSSR count). The van der Waals surface area contributed by atoms with Crippen LogP contribution >= 0.6 is 0 Å². The summed E-state index contributed by atoms with van der Waals surface area (Å²) in [7, 11) is 0. The smallest absolute Gasteiger partial charge is 0.421 e. The molecule has 1 aliphatic heterocycles. The maximum absolute atomic E-state index is 12.9. The van der Waals surface area contributed by atoms with Crippen molar-refractivity contribution in [3.63, 3.8) is 0 Å². The number of ether oxygens (including phenoxy) is 2. The summed E-state index contributed by atoms with van der Waals surface area (Å²) < 4.78 is 59.2. The molecule has 0 spiro atoms. The molecule has 0 amide bonds. The lowest BCUT2D eigenvalue weighted by Crippen LogP contribution is -2.52. The van der Waals surface area contributed by atoms with E-state index in [1.165, 1.54) is 6.07 Å². The van der Waals surface area contributed by atoms with Crippen LogP contribution in [0.5, 0.6) is 11.5 Å². The van der Waals surface area contributed by atoms with Crippen LogP contribution in [0.2, 0.25) is 0 Å². The summed E-state index contributed by atoms with van der Waals surface area (Å²) >= 11 is 0. The van der Waals surface area contributed by atoms with Crippen molar-refractivity contribution < 1.29 is 27.0 Å². The molecule has 0 aliphatic carbocycles. The molecule has 0 saturated carbocycles. The molecule has 1 unspecified atom stereocenters. The second-order valence-electron chi connectivity index (χ2n) is 3.73. The van der Waals surface area contributed by atoms with Gasteiger partial charge in [-0.2, -0.15) is 17.6 Å². The Morgan fingerprint density at radius 3 is 2.12 bits per heavy atom. The highest BCUT2D eigenvalue weighted by Gasteiger charge is 2.65. The SMILES string of the molecule is CC(N)c1ccc2c(c1)OC(F)(F)C(F)(F)O2. The molecule has 0 aromatic heterocycles. The summed E-state index contributed by atoms with van der Waals surface area (Å²) in [5.74, 6) is -0.888. The van der Waals surface area contributed by atoms with Gasteiger partial charge in [0.1, 0.15) is 0 Å². The van der Waals surface area contributed by atoms with E-state index in [1.54, 1.807) is 6.92 Å². The van der Waals surface area contributed by atoms with Crippen LogP contribution in [-0.4, -0.2) is 12.2 Å². The van der Waals surface area contributed by atoms with E-state index < -0.39 is 29.8 Å². The minimum absolute atomic E-state index is 0.431. The lowest BCUT2D eigenvalue weighted by Gasteiger charge is -2.32. The van der Waals surface area contributed by atoms with Crippen LogP contribution in [0.4, 0.5) is 17.6 Å². The van der Waals surface area contributed by atoms with Gasteiger partial charge in [0.05, 0.1) is 0 Å². The van der Waals surface area contributed by atoms with E-state index >= 15 is 0 Å². The first-order chi connectivity index (χ1) is 7.73. The Morgan fingerprint density at radius 2 is 1.59 bits per heavy atom. The molecular formula is C10H9F4NO2. The van der Waals surface area contributed by atoms with Gasteiger partial charge in [-0.25, -0.2) is 0 Å². The molecule has 1 aromatic rings. The summed E-state index contributed by atoms with van der Waals surface area (Å²) in [4.78, 5) is 0. The van der Waals surface area contributed by atoms with Crippen LogP contribution in [0.3, 0.4) is 0 Å². The molecule has 1 heterocycles. The van der Waals surface area contributed by atoms with Gasteiger partial charge in [0.15, 0.2) is 11.5 Å². The number of hydrogen-bond acceptors (Lipinski definition) is 3. The first-order valence-electron chi connectivity index (χ1n) is 4.76. The monoisotopic (exact) mass is 251 g/mol. The van der Waals surface area contributed by atoms with Gasteiger partial charge in [-0.3, -0.25) is 0 Å². The number of nitrogens with two attached hydrogens (primary N) is 1. The number of rotatable bonds is 1. The highest BCUT2D eigenvalue weighted by Crippen LogP contribution is 2.47. The molecule has 3 nitrogen and oxygen atoms in total. The van der Waals surface area contributed by atoms with Gasteiger partial charge in [-0.1, -0.05) is 6.07 Å². The molecule has 94 valence electrons. The maximum Gasteiger partial charge on any atom is 0.507 e. The quantitative estimate of drug-likeness (QED) is 0.780. The second kappa shape index (κ2) is 3.49. The standard InChI is InChI=1S/C10H9F4NO2/c1-5(15)6-2-3-7-8(4-6)17-10(13,14)9(11,12)16-7/h2-5H,15H2,1H3. The van der Waals surface area contributed by atoms with Crippen LogP contribution in [0, 0.1) is 0 Å². The Balaban J connectivity index is 2.43. The first kappa shape index (κ1) is 12.0. The predicted octanol–water partition coefficient (Wildman–Crippen LogP) is 2.66. The van der Waals surface area contributed by atoms with Crippen LogP contribution in [0.15, 0.2) is 18.2 Å². The summed E-state index contributed by atoms with van der Waals surface area (Å²) in [6, 6.07) is 3.26. The zero-order valence-electron chi connectivity index (χ0n) is 8.72. The summed E-state index contributed by atoms with van der Waals surface area (Å²) in [6.07, 6.45) is -9.38. The van der Waals surface area contributed by atoms with E-state index in [-0.39, 0.29) is 0 Å². The van der Waals surface area contributed by atoms with Gasteiger partial charge >= 0.3 is 12.2 Å². The zero-order chi connectivity index (χ0) is 12.8. The molecule has 0 saturated heterocycles. The van der Waals surface area contributed by atoms with Gasteiger partial charge in [0.25, 0.3) is 0 Å². The van der Waals surface area contributed by atoms with E-state index in [2.05, 4.69) is 9.47 Å². The topological polar surface area (TPSA) is 44.5 Å². The van der Waals surface area contributed by atoms with Crippen LogP contribution in [0.25, 0.3) is 0 Å². The maximum atomic E-state index is 12.9. The summed E-state index contributed by atoms with van der Waals surface area (Å²) in [5.41, 5.74) is 6.02. The molecule has 0 radical (unpaired) electrons. The predicted molar refractivity (Wildman–Crippen MR) is 50.2 cm³/mol. The first-order valence-corrected chi connectivity index (χ1v) is 4.76. The highest BCUT2D eigenvalue weighted by molar-refractivity contribution is 5.45. The highest BCUT2D eigenvalue weighted by atomic mass is 19.3. The van der Waals surface area contributed by atoms with E-state index in [0.717, 1.165) is 12.1 Å². The fraction of sp³-hybridized carbons (Fsp3) is 0.400. The third-order valence-corrected chi connectivity index (χ3v) is 2.31. The third-order valence-electron chi connectivity index (χ3n) is 2.31. The lowest BCUT2D eigenvalue weighted by atomic mass is 10.1. The molecule has 2 N–H and O–H groups in total. The van der Waals surface area contributed by atoms with Gasteiger partial charge in [0, 0.05) is 6.04 Å². The fourth-order valence-electron chi connectivity index (χ4n) is 1.37. The Hall–Kier alpha value is -1.50. The number of alkyl halides is 4. The fourth-order valence-corrected chi connectivity index (χ4v) is 1.37. The Labute approximate surface area is 94.1 Å². The second-order valence-corrected chi connectivity index (χ2v) is 3.73. The third kappa shape index (κ3) is 1.90. The Morgan fingerprint density at radius 1 is 1.06 bits per heavy atom. The van der Waals surface area contributed by atoms with Crippen molar-refractivity contribution in [2.24, 2.45) is 5.73 Å². The van der Waals surface area contributed by atoms with Crippen molar-refractivity contribution in [1.82, 2.24) is 0 Å². The normalized spacial score (nSPS) is 22.0. The van der Waals surface area contributed by atoms with Crippen LogP contribution in [0.1, 0.15) is 18.5 Å². The molecule has 1 atom stereocenters. The van der Waals surface area contributed by atoms with Crippen molar-refractivity contribution in [3.8, 4) is 11.5 Å². The minimum Gasteiger partial charge on any atom is -0.421 e. The Kier molecular flexibility index (Phi) is 2.46. The van der Waals surface area contributed by atoms with Crippen LogP contribution in [-0.2, 0) is 0 Å². The zero-order valence-corrected chi connectivity index (χ0v) is 8.72.